The van der Waals surface area contributed by atoms with Crippen LogP contribution < -0.4 is 0 Å². The average molecular weight is 390 g/mol. The Hall–Kier alpha value is -2.71. The summed E-state index contributed by atoms with van der Waals surface area (Å²) < 4.78 is 15.4. The lowest BCUT2D eigenvalue weighted by Crippen LogP contribution is -2.43. The molecule has 0 fully saturated rings. The number of rotatable bonds is 16. The molecular formula is C13H18N4O10. The van der Waals surface area contributed by atoms with Gasteiger partial charge in [0.2, 0.25) is 0 Å². The molecule has 0 saturated heterocycles. The summed E-state index contributed by atoms with van der Waals surface area (Å²) in [6.07, 6.45) is -0.919. The van der Waals surface area contributed by atoms with Crippen molar-refractivity contribution in [2.75, 3.05) is 39.6 Å². The summed E-state index contributed by atoms with van der Waals surface area (Å²) >= 11 is 0. The van der Waals surface area contributed by atoms with Crippen LogP contribution in [0.5, 0.6) is 0 Å². The van der Waals surface area contributed by atoms with E-state index in [0.29, 0.717) is 0 Å². The van der Waals surface area contributed by atoms with Crippen LogP contribution >= 0.6 is 0 Å². The van der Waals surface area contributed by atoms with Crippen molar-refractivity contribution in [1.82, 2.24) is 0 Å². The maximum Gasteiger partial charge on any atom is 0.288 e. The zero-order valence-corrected chi connectivity index (χ0v) is 14.2. The lowest BCUT2D eigenvalue weighted by Gasteiger charge is -2.25. The van der Waals surface area contributed by atoms with E-state index in [-0.39, 0.29) is 58.9 Å². The molecule has 0 aliphatic rings. The van der Waals surface area contributed by atoms with Crippen molar-refractivity contribution in [3.63, 3.8) is 0 Å². The predicted octanol–water partition coefficient (Wildman–Crippen LogP) is 0.591. The van der Waals surface area contributed by atoms with Gasteiger partial charge in [-0.25, -0.2) is 0 Å². The number of ether oxygens (including phenoxy) is 3. The van der Waals surface area contributed by atoms with Crippen molar-refractivity contribution < 1.29 is 28.6 Å². The van der Waals surface area contributed by atoms with Crippen LogP contribution in [0.4, 0.5) is 0 Å². The second-order valence-electron chi connectivity index (χ2n) is 5.18. The van der Waals surface area contributed by atoms with Crippen LogP contribution in [0.3, 0.4) is 0 Å². The number of hydrogen-bond acceptors (Lipinski definition) is 11. The van der Waals surface area contributed by atoms with E-state index in [9.17, 15) is 34.0 Å². The van der Waals surface area contributed by atoms with Crippen molar-refractivity contribution >= 4 is 17.7 Å². The van der Waals surface area contributed by atoms with Gasteiger partial charge in [-0.05, 0) is 0 Å². The molecule has 0 aromatic heterocycles. The highest BCUT2D eigenvalue weighted by Gasteiger charge is 2.34. The molecule has 0 aliphatic heterocycles. The number of carbonyl (C=O) groups is 3. The van der Waals surface area contributed by atoms with Gasteiger partial charge in [0, 0.05) is 15.5 Å². The third-order valence-electron chi connectivity index (χ3n) is 2.99. The van der Waals surface area contributed by atoms with E-state index < -0.39 is 23.3 Å². The standard InChI is InChI=1S/C13H18N4O10/c18-10(14-21)1-4-25-7-13(17-24,8-26-5-2-11(19)15-22)9-27-6-3-12(20)16-23/h1-9H2. The highest BCUT2D eigenvalue weighted by molar-refractivity contribution is 5.77. The van der Waals surface area contributed by atoms with Crippen LogP contribution in [0.25, 0.3) is 0 Å². The largest absolute Gasteiger partial charge is 0.378 e. The Kier molecular flexibility index (Phi) is 13.0. The second-order valence-corrected chi connectivity index (χ2v) is 5.18. The monoisotopic (exact) mass is 390 g/mol. The molecule has 0 radical (unpaired) electrons. The van der Waals surface area contributed by atoms with Gasteiger partial charge in [0.05, 0.1) is 58.9 Å². The number of amides is 3. The Morgan fingerprint density at radius 2 is 0.889 bits per heavy atom. The first-order valence-corrected chi connectivity index (χ1v) is 7.59. The van der Waals surface area contributed by atoms with Gasteiger partial charge in [-0.2, -0.15) is 0 Å². The van der Waals surface area contributed by atoms with Crippen molar-refractivity contribution in [1.29, 1.82) is 0 Å². The average Bonchev–Trinajstić information content (AvgIpc) is 2.70. The second kappa shape index (κ2) is 14.5. The van der Waals surface area contributed by atoms with Gasteiger partial charge in [0.15, 0.2) is 5.54 Å². The Bertz CT molecular complexity index is 484. The smallest absolute Gasteiger partial charge is 0.288 e. The molecule has 0 bridgehead atoms. The first-order chi connectivity index (χ1) is 12.9. The SMILES string of the molecule is O=NC(=O)CCOCC(COCCC(=O)N=O)(COCCC(=O)N=O)N=O. The van der Waals surface area contributed by atoms with Crippen LogP contribution in [-0.2, 0) is 28.6 Å². The van der Waals surface area contributed by atoms with Crippen LogP contribution in [-0.4, -0.2) is 62.9 Å². The van der Waals surface area contributed by atoms with Gasteiger partial charge >= 0.3 is 0 Å². The van der Waals surface area contributed by atoms with Gasteiger partial charge in [-0.1, -0.05) is 5.18 Å². The Morgan fingerprint density at radius 1 is 0.593 bits per heavy atom. The molecule has 0 rings (SSSR count). The topological polar surface area (TPSA) is 197 Å². The number of nitrogens with zero attached hydrogens (tertiary/aromatic N) is 4. The van der Waals surface area contributed by atoms with Gasteiger partial charge in [0.1, 0.15) is 0 Å². The highest BCUT2D eigenvalue weighted by atomic mass is 16.5. The van der Waals surface area contributed by atoms with Gasteiger partial charge in [-0.3, -0.25) is 14.4 Å². The van der Waals surface area contributed by atoms with E-state index in [1.165, 1.54) is 0 Å². The molecule has 3 amide bonds. The van der Waals surface area contributed by atoms with Crippen molar-refractivity contribution in [2.45, 2.75) is 24.8 Å². The molecule has 27 heavy (non-hydrogen) atoms. The van der Waals surface area contributed by atoms with E-state index in [1.54, 1.807) is 0 Å². The van der Waals surface area contributed by atoms with E-state index >= 15 is 0 Å². The minimum Gasteiger partial charge on any atom is -0.378 e. The van der Waals surface area contributed by atoms with Crippen LogP contribution in [0, 0.1) is 19.6 Å². The van der Waals surface area contributed by atoms with Crippen LogP contribution in [0.1, 0.15) is 19.3 Å². The molecule has 14 heteroatoms. The lowest BCUT2D eigenvalue weighted by atomic mass is 10.1. The molecule has 0 N–H and O–H groups in total. The molecule has 0 aromatic carbocycles. The molecule has 0 saturated carbocycles. The van der Waals surface area contributed by atoms with Crippen LogP contribution in [0.15, 0.2) is 20.7 Å². The van der Waals surface area contributed by atoms with Crippen LogP contribution in [0.2, 0.25) is 0 Å². The first kappa shape index (κ1) is 24.3. The van der Waals surface area contributed by atoms with Gasteiger partial charge < -0.3 is 14.2 Å². The molecule has 0 atom stereocenters. The zero-order chi connectivity index (χ0) is 20.5. The normalized spacial score (nSPS) is 10.8. The lowest BCUT2D eigenvalue weighted by molar-refractivity contribution is -0.119. The Balaban J connectivity index is 4.62. The molecular weight excluding hydrogens is 372 g/mol. The molecule has 0 aliphatic carbocycles. The third kappa shape index (κ3) is 11.5. The van der Waals surface area contributed by atoms with Crippen molar-refractivity contribution in [3.8, 4) is 0 Å². The predicted molar refractivity (Wildman–Crippen MR) is 87.2 cm³/mol. The molecule has 0 aromatic rings. The number of carbonyl (C=O) groups excluding carboxylic acids is 3. The molecule has 0 unspecified atom stereocenters. The molecule has 150 valence electrons. The van der Waals surface area contributed by atoms with E-state index in [0.717, 1.165) is 0 Å². The highest BCUT2D eigenvalue weighted by Crippen LogP contribution is 2.15. The summed E-state index contributed by atoms with van der Waals surface area (Å²) in [4.78, 5) is 73.6. The third-order valence-corrected chi connectivity index (χ3v) is 2.99. The fraction of sp³-hybridized carbons (Fsp3) is 0.769. The fourth-order valence-corrected chi connectivity index (χ4v) is 1.61. The molecule has 0 spiro atoms. The summed E-state index contributed by atoms with van der Waals surface area (Å²) in [6, 6.07) is 0. The maximum atomic E-state index is 11.3. The van der Waals surface area contributed by atoms with Gasteiger partial charge in [-0.15, -0.1) is 19.6 Å². The fourth-order valence-electron chi connectivity index (χ4n) is 1.61. The summed E-state index contributed by atoms with van der Waals surface area (Å²) in [5.74, 6) is -2.81. The summed E-state index contributed by atoms with van der Waals surface area (Å²) in [5, 5.41) is 9.43. The van der Waals surface area contributed by atoms with E-state index in [1.807, 2.05) is 0 Å². The van der Waals surface area contributed by atoms with Crippen molar-refractivity contribution in [2.24, 2.45) is 20.7 Å². The first-order valence-electron chi connectivity index (χ1n) is 7.59. The minimum atomic E-state index is -1.60. The Labute approximate surface area is 152 Å². The maximum absolute atomic E-state index is 11.3. The zero-order valence-electron chi connectivity index (χ0n) is 14.2. The van der Waals surface area contributed by atoms with Gasteiger partial charge in [0.25, 0.3) is 17.7 Å². The quantitative estimate of drug-likeness (QED) is 0.265. The molecule has 14 nitrogen and oxygen atoms in total. The van der Waals surface area contributed by atoms with E-state index in [4.69, 9.17) is 14.2 Å². The minimum absolute atomic E-state index is 0.219. The summed E-state index contributed by atoms with van der Waals surface area (Å²) in [6.45, 7) is -1.78. The summed E-state index contributed by atoms with van der Waals surface area (Å²) in [5.41, 5.74) is -1.60. The molecule has 0 heterocycles. The van der Waals surface area contributed by atoms with E-state index in [2.05, 4.69) is 20.7 Å². The summed E-state index contributed by atoms with van der Waals surface area (Å²) in [7, 11) is 0. The van der Waals surface area contributed by atoms with Crippen molar-refractivity contribution in [3.05, 3.63) is 19.6 Å². The Morgan fingerprint density at radius 3 is 1.11 bits per heavy atom. The number of nitroso groups, excluding NO2 is 4. The number of hydrogen-bond donors (Lipinski definition) is 0.